The fraction of sp³-hybridized carbons (Fsp3) is 0.692. The van der Waals surface area contributed by atoms with Crippen molar-refractivity contribution >= 4 is 5.91 Å². The first-order valence-corrected chi connectivity index (χ1v) is 6.86. The molecule has 3 rings (SSSR count). The maximum atomic E-state index is 11.6. The zero-order valence-electron chi connectivity index (χ0n) is 10.6. The van der Waals surface area contributed by atoms with Crippen LogP contribution < -0.4 is 10.6 Å². The van der Waals surface area contributed by atoms with Crippen molar-refractivity contribution in [1.82, 2.24) is 20.2 Å². The summed E-state index contributed by atoms with van der Waals surface area (Å²) in [4.78, 5) is 16.0. The second kappa shape index (κ2) is 5.10. The van der Waals surface area contributed by atoms with Crippen LogP contribution in [0.5, 0.6) is 0 Å². The highest BCUT2D eigenvalue weighted by molar-refractivity contribution is 5.76. The molecule has 0 bridgehead atoms. The second-order valence-electron chi connectivity index (χ2n) is 5.20. The van der Waals surface area contributed by atoms with Crippen LogP contribution in [0.3, 0.4) is 0 Å². The van der Waals surface area contributed by atoms with Gasteiger partial charge < -0.3 is 15.2 Å². The van der Waals surface area contributed by atoms with Gasteiger partial charge in [0.2, 0.25) is 5.91 Å². The fourth-order valence-electron chi connectivity index (χ4n) is 2.43. The molecule has 0 unspecified atom stereocenters. The molecule has 0 aromatic carbocycles. The summed E-state index contributed by atoms with van der Waals surface area (Å²) < 4.78 is 2.21. The lowest BCUT2D eigenvalue weighted by Crippen LogP contribution is -2.26. The van der Waals surface area contributed by atoms with Crippen molar-refractivity contribution in [2.24, 2.45) is 0 Å². The van der Waals surface area contributed by atoms with Gasteiger partial charge in [0.1, 0.15) is 0 Å². The van der Waals surface area contributed by atoms with E-state index in [1.807, 2.05) is 6.33 Å². The number of rotatable bonds is 5. The number of amides is 1. The highest BCUT2D eigenvalue weighted by atomic mass is 16.1. The molecule has 1 amide bonds. The molecule has 0 spiro atoms. The summed E-state index contributed by atoms with van der Waals surface area (Å²) in [6.07, 6.45) is 6.80. The van der Waals surface area contributed by atoms with E-state index in [1.54, 1.807) is 0 Å². The van der Waals surface area contributed by atoms with E-state index in [0.717, 1.165) is 45.3 Å². The van der Waals surface area contributed by atoms with Crippen molar-refractivity contribution in [3.63, 3.8) is 0 Å². The van der Waals surface area contributed by atoms with Gasteiger partial charge in [-0.3, -0.25) is 4.79 Å². The first kappa shape index (κ1) is 11.7. The standard InChI is InChI=1S/C13H20N4O/c18-13(16-10-3-4-10)2-1-7-17-9-15-11-8-14-6-5-12(11)17/h9-10,14H,1-8H2,(H,16,18). The SMILES string of the molecule is O=C(CCCn1cnc2c1CCNC2)NC1CC1. The quantitative estimate of drug-likeness (QED) is 0.801. The number of imidazole rings is 1. The Bertz CT molecular complexity index is 436. The summed E-state index contributed by atoms with van der Waals surface area (Å²) >= 11 is 0. The van der Waals surface area contributed by atoms with Gasteiger partial charge in [0, 0.05) is 44.2 Å². The van der Waals surface area contributed by atoms with Gasteiger partial charge >= 0.3 is 0 Å². The van der Waals surface area contributed by atoms with Gasteiger partial charge in [-0.15, -0.1) is 0 Å². The molecule has 2 heterocycles. The van der Waals surface area contributed by atoms with E-state index in [0.29, 0.717) is 12.5 Å². The van der Waals surface area contributed by atoms with Gasteiger partial charge in [-0.2, -0.15) is 0 Å². The molecule has 1 aliphatic heterocycles. The number of nitrogens with zero attached hydrogens (tertiary/aromatic N) is 2. The largest absolute Gasteiger partial charge is 0.353 e. The van der Waals surface area contributed by atoms with Crippen LogP contribution in [0.1, 0.15) is 37.1 Å². The Morgan fingerprint density at radius 1 is 1.56 bits per heavy atom. The van der Waals surface area contributed by atoms with Crippen LogP contribution in [0.2, 0.25) is 0 Å². The Hall–Kier alpha value is -1.36. The van der Waals surface area contributed by atoms with Gasteiger partial charge in [-0.05, 0) is 19.3 Å². The van der Waals surface area contributed by atoms with Crippen LogP contribution in [-0.2, 0) is 24.3 Å². The summed E-state index contributed by atoms with van der Waals surface area (Å²) in [7, 11) is 0. The van der Waals surface area contributed by atoms with Crippen molar-refractivity contribution < 1.29 is 4.79 Å². The summed E-state index contributed by atoms with van der Waals surface area (Å²) in [5, 5.41) is 6.34. The minimum absolute atomic E-state index is 0.202. The van der Waals surface area contributed by atoms with E-state index in [2.05, 4.69) is 20.2 Å². The van der Waals surface area contributed by atoms with Crippen LogP contribution in [-0.4, -0.2) is 28.0 Å². The van der Waals surface area contributed by atoms with Crippen LogP contribution in [0, 0.1) is 0 Å². The molecule has 0 radical (unpaired) electrons. The van der Waals surface area contributed by atoms with E-state index in [4.69, 9.17) is 0 Å². The number of carbonyl (C=O) groups excluding carboxylic acids is 1. The van der Waals surface area contributed by atoms with Crippen LogP contribution >= 0.6 is 0 Å². The van der Waals surface area contributed by atoms with Gasteiger partial charge in [-0.1, -0.05) is 0 Å². The van der Waals surface area contributed by atoms with E-state index in [-0.39, 0.29) is 5.91 Å². The van der Waals surface area contributed by atoms with Gasteiger partial charge in [-0.25, -0.2) is 4.98 Å². The Morgan fingerprint density at radius 2 is 2.44 bits per heavy atom. The molecule has 1 aromatic rings. The molecule has 0 saturated heterocycles. The topological polar surface area (TPSA) is 59.0 Å². The van der Waals surface area contributed by atoms with Crippen LogP contribution in [0.25, 0.3) is 0 Å². The summed E-state index contributed by atoms with van der Waals surface area (Å²) in [5.41, 5.74) is 2.51. The first-order chi connectivity index (χ1) is 8.83. The van der Waals surface area contributed by atoms with E-state index in [9.17, 15) is 4.79 Å². The number of aromatic nitrogens is 2. The number of fused-ring (bicyclic) bond motifs is 1. The Balaban J connectivity index is 1.47. The Morgan fingerprint density at radius 3 is 3.28 bits per heavy atom. The zero-order chi connectivity index (χ0) is 12.4. The molecule has 18 heavy (non-hydrogen) atoms. The van der Waals surface area contributed by atoms with Crippen molar-refractivity contribution in [3.8, 4) is 0 Å². The number of aryl methyl sites for hydroxylation is 1. The maximum absolute atomic E-state index is 11.6. The fourth-order valence-corrected chi connectivity index (χ4v) is 2.43. The smallest absolute Gasteiger partial charge is 0.220 e. The van der Waals surface area contributed by atoms with E-state index >= 15 is 0 Å². The van der Waals surface area contributed by atoms with Crippen molar-refractivity contribution in [3.05, 3.63) is 17.7 Å². The second-order valence-corrected chi connectivity index (χ2v) is 5.20. The molecule has 1 aromatic heterocycles. The lowest BCUT2D eigenvalue weighted by atomic mass is 10.2. The predicted octanol–water partition coefficient (Wildman–Crippen LogP) is 0.588. The van der Waals surface area contributed by atoms with Crippen LogP contribution in [0.15, 0.2) is 6.33 Å². The molecule has 1 saturated carbocycles. The number of nitrogens with one attached hydrogen (secondary N) is 2. The monoisotopic (exact) mass is 248 g/mol. The van der Waals surface area contributed by atoms with Gasteiger partial charge in [0.25, 0.3) is 0 Å². The minimum Gasteiger partial charge on any atom is -0.353 e. The van der Waals surface area contributed by atoms with E-state index < -0.39 is 0 Å². The minimum atomic E-state index is 0.202. The summed E-state index contributed by atoms with van der Waals surface area (Å²) in [5.74, 6) is 0.202. The lowest BCUT2D eigenvalue weighted by molar-refractivity contribution is -0.121. The average Bonchev–Trinajstić information content (AvgIpc) is 3.09. The van der Waals surface area contributed by atoms with Gasteiger partial charge in [0.15, 0.2) is 0 Å². The summed E-state index contributed by atoms with van der Waals surface area (Å²) in [6.45, 7) is 2.81. The molecule has 0 atom stereocenters. The highest BCUT2D eigenvalue weighted by Crippen LogP contribution is 2.19. The predicted molar refractivity (Wildman–Crippen MR) is 68.0 cm³/mol. The number of hydrogen-bond donors (Lipinski definition) is 2. The third kappa shape index (κ3) is 2.72. The normalized spacial score (nSPS) is 18.4. The Labute approximate surface area is 107 Å². The molecular formula is C13H20N4O. The lowest BCUT2D eigenvalue weighted by Gasteiger charge is -2.15. The highest BCUT2D eigenvalue weighted by Gasteiger charge is 2.22. The summed E-state index contributed by atoms with van der Waals surface area (Å²) in [6, 6.07) is 0.476. The van der Waals surface area contributed by atoms with Crippen molar-refractivity contribution in [1.29, 1.82) is 0 Å². The molecule has 5 heteroatoms. The third-order valence-electron chi connectivity index (χ3n) is 3.61. The molecule has 2 N–H and O–H groups in total. The van der Waals surface area contributed by atoms with Crippen molar-refractivity contribution in [2.45, 2.75) is 51.2 Å². The molecule has 2 aliphatic rings. The number of carbonyl (C=O) groups is 1. The number of hydrogen-bond acceptors (Lipinski definition) is 3. The molecule has 1 fully saturated rings. The first-order valence-electron chi connectivity index (χ1n) is 6.86. The molecule has 98 valence electrons. The van der Waals surface area contributed by atoms with Crippen molar-refractivity contribution in [2.75, 3.05) is 6.54 Å². The van der Waals surface area contributed by atoms with Crippen LogP contribution in [0.4, 0.5) is 0 Å². The third-order valence-corrected chi connectivity index (χ3v) is 3.61. The zero-order valence-corrected chi connectivity index (χ0v) is 10.6. The molecule has 5 nitrogen and oxygen atoms in total. The molecule has 1 aliphatic carbocycles. The average molecular weight is 248 g/mol. The van der Waals surface area contributed by atoms with Gasteiger partial charge in [0.05, 0.1) is 12.0 Å². The van der Waals surface area contributed by atoms with E-state index in [1.165, 1.54) is 11.4 Å². The molecular weight excluding hydrogens is 228 g/mol. The Kier molecular flexibility index (Phi) is 3.32. The maximum Gasteiger partial charge on any atom is 0.220 e.